The van der Waals surface area contributed by atoms with E-state index < -0.39 is 5.60 Å². The number of para-hydroxylation sites is 1. The first kappa shape index (κ1) is 13.4. The van der Waals surface area contributed by atoms with Crippen molar-refractivity contribution in [3.8, 4) is 12.3 Å². The van der Waals surface area contributed by atoms with E-state index in [0.717, 1.165) is 22.2 Å². The lowest BCUT2D eigenvalue weighted by Gasteiger charge is -2.27. The van der Waals surface area contributed by atoms with Gasteiger partial charge in [-0.05, 0) is 35.2 Å². The van der Waals surface area contributed by atoms with Crippen molar-refractivity contribution in [2.24, 2.45) is 7.05 Å². The van der Waals surface area contributed by atoms with Gasteiger partial charge >= 0.3 is 0 Å². The molecule has 0 fully saturated rings. The summed E-state index contributed by atoms with van der Waals surface area (Å²) in [6.07, 6.45) is 9.04. The van der Waals surface area contributed by atoms with Crippen LogP contribution < -0.4 is 0 Å². The van der Waals surface area contributed by atoms with Crippen LogP contribution in [0.5, 0.6) is 0 Å². The molecule has 0 saturated heterocycles. The molecular weight excluding hydrogens is 260 g/mol. The summed E-state index contributed by atoms with van der Waals surface area (Å²) in [5, 5.41) is 12.3. The van der Waals surface area contributed by atoms with Crippen LogP contribution >= 0.6 is 0 Å². The van der Waals surface area contributed by atoms with Crippen molar-refractivity contribution in [1.29, 1.82) is 0 Å². The number of benzene rings is 1. The number of rotatable bonds is 3. The second-order valence-corrected chi connectivity index (χ2v) is 5.12. The molecule has 1 N–H and O–H groups in total. The van der Waals surface area contributed by atoms with Gasteiger partial charge in [-0.1, -0.05) is 18.2 Å². The third-order valence-corrected chi connectivity index (χ3v) is 3.89. The van der Waals surface area contributed by atoms with Crippen LogP contribution in [0, 0.1) is 12.3 Å². The lowest BCUT2D eigenvalue weighted by atomic mass is 9.88. The van der Waals surface area contributed by atoms with Crippen molar-refractivity contribution < 1.29 is 5.11 Å². The number of aromatic nitrogens is 2. The average Bonchev–Trinajstić information content (AvgIpc) is 2.86. The Morgan fingerprint density at radius 3 is 2.62 bits per heavy atom. The van der Waals surface area contributed by atoms with Gasteiger partial charge in [0, 0.05) is 31.4 Å². The summed E-state index contributed by atoms with van der Waals surface area (Å²) in [6, 6.07) is 13.6. The summed E-state index contributed by atoms with van der Waals surface area (Å²) in [6.45, 7) is 0. The van der Waals surface area contributed by atoms with Crippen LogP contribution in [0.15, 0.2) is 54.9 Å². The molecule has 2 heterocycles. The van der Waals surface area contributed by atoms with Crippen molar-refractivity contribution in [1.82, 2.24) is 9.55 Å². The highest BCUT2D eigenvalue weighted by molar-refractivity contribution is 5.81. The zero-order valence-electron chi connectivity index (χ0n) is 11.8. The maximum atomic E-state index is 11.2. The second-order valence-electron chi connectivity index (χ2n) is 5.12. The lowest BCUT2D eigenvalue weighted by molar-refractivity contribution is 0.0791. The van der Waals surface area contributed by atoms with Gasteiger partial charge in [0.15, 0.2) is 0 Å². The minimum absolute atomic E-state index is 0.209. The van der Waals surface area contributed by atoms with Crippen LogP contribution in [0.2, 0.25) is 0 Å². The number of hydrogen-bond donors (Lipinski definition) is 1. The summed E-state index contributed by atoms with van der Waals surface area (Å²) in [7, 11) is 1.94. The fourth-order valence-electron chi connectivity index (χ4n) is 2.80. The minimum Gasteiger partial charge on any atom is -0.378 e. The normalized spacial score (nSPS) is 13.8. The van der Waals surface area contributed by atoms with Crippen LogP contribution in [0.1, 0.15) is 17.7 Å². The maximum absolute atomic E-state index is 11.2. The zero-order valence-corrected chi connectivity index (χ0v) is 11.8. The van der Waals surface area contributed by atoms with E-state index >= 15 is 0 Å². The lowest BCUT2D eigenvalue weighted by Crippen LogP contribution is -2.29. The van der Waals surface area contributed by atoms with Crippen molar-refractivity contribution in [2.75, 3.05) is 0 Å². The molecule has 104 valence electrons. The Hall–Kier alpha value is -2.57. The number of nitrogens with zero attached hydrogens (tertiary/aromatic N) is 2. The molecule has 1 aromatic carbocycles. The number of aliphatic hydroxyl groups is 1. The Morgan fingerprint density at radius 2 is 1.95 bits per heavy atom. The quantitative estimate of drug-likeness (QED) is 0.747. The molecule has 0 spiro atoms. The Kier molecular flexibility index (Phi) is 3.25. The Morgan fingerprint density at radius 1 is 1.24 bits per heavy atom. The second kappa shape index (κ2) is 5.08. The minimum atomic E-state index is -1.22. The summed E-state index contributed by atoms with van der Waals surface area (Å²) in [5.74, 6) is 2.59. The van der Waals surface area contributed by atoms with E-state index in [-0.39, 0.29) is 6.42 Å². The van der Waals surface area contributed by atoms with Gasteiger partial charge in [0.1, 0.15) is 5.60 Å². The van der Waals surface area contributed by atoms with E-state index in [4.69, 9.17) is 6.42 Å². The van der Waals surface area contributed by atoms with Crippen molar-refractivity contribution in [3.05, 3.63) is 66.1 Å². The molecule has 0 bridgehead atoms. The SMILES string of the molecule is C#CCC(O)(c1ccncc1)c1cc2ccccc2n1C. The molecule has 0 amide bonds. The van der Waals surface area contributed by atoms with E-state index in [1.807, 2.05) is 41.9 Å². The molecule has 0 radical (unpaired) electrons. The van der Waals surface area contributed by atoms with Crippen molar-refractivity contribution in [3.63, 3.8) is 0 Å². The fraction of sp³-hybridized carbons (Fsp3) is 0.167. The zero-order chi connectivity index (χ0) is 14.9. The standard InChI is InChI=1S/C18H16N2O/c1-3-10-18(21,15-8-11-19-12-9-15)17-13-14-6-4-5-7-16(14)20(17)2/h1,4-9,11-13,21H,10H2,2H3. The molecule has 3 nitrogen and oxygen atoms in total. The molecular formula is C18H16N2O. The number of fused-ring (bicyclic) bond motifs is 1. The van der Waals surface area contributed by atoms with Crippen LogP contribution in [0.4, 0.5) is 0 Å². The first-order chi connectivity index (χ1) is 10.2. The molecule has 1 unspecified atom stereocenters. The molecule has 2 aromatic heterocycles. The average molecular weight is 276 g/mol. The monoisotopic (exact) mass is 276 g/mol. The predicted molar refractivity (Wildman–Crippen MR) is 83.6 cm³/mol. The molecule has 0 aliphatic rings. The van der Waals surface area contributed by atoms with Gasteiger partial charge in [0.05, 0.1) is 5.69 Å². The van der Waals surface area contributed by atoms with Crippen LogP contribution in [-0.4, -0.2) is 14.7 Å². The Labute approximate surface area is 123 Å². The third-order valence-electron chi connectivity index (χ3n) is 3.89. The number of pyridine rings is 1. The number of hydrogen-bond acceptors (Lipinski definition) is 2. The summed E-state index contributed by atoms with van der Waals surface area (Å²) < 4.78 is 1.99. The Bertz CT molecular complexity index is 814. The summed E-state index contributed by atoms with van der Waals surface area (Å²) in [4.78, 5) is 4.01. The van der Waals surface area contributed by atoms with Gasteiger partial charge in [-0.25, -0.2) is 0 Å². The van der Waals surface area contributed by atoms with E-state index in [2.05, 4.69) is 10.9 Å². The number of aryl methyl sites for hydroxylation is 1. The topological polar surface area (TPSA) is 38.1 Å². The molecule has 0 aliphatic carbocycles. The summed E-state index contributed by atoms with van der Waals surface area (Å²) >= 11 is 0. The maximum Gasteiger partial charge on any atom is 0.140 e. The third kappa shape index (κ3) is 2.10. The van der Waals surface area contributed by atoms with E-state index in [9.17, 15) is 5.11 Å². The fourth-order valence-corrected chi connectivity index (χ4v) is 2.80. The van der Waals surface area contributed by atoms with Gasteiger partial charge in [-0.15, -0.1) is 12.3 Å². The highest BCUT2D eigenvalue weighted by Crippen LogP contribution is 2.35. The van der Waals surface area contributed by atoms with Crippen LogP contribution in [0.25, 0.3) is 10.9 Å². The molecule has 1 atom stereocenters. The molecule has 3 rings (SSSR count). The van der Waals surface area contributed by atoms with E-state index in [0.29, 0.717) is 0 Å². The number of terminal acetylenes is 1. The van der Waals surface area contributed by atoms with Gasteiger partial charge in [0.25, 0.3) is 0 Å². The molecule has 3 aromatic rings. The predicted octanol–water partition coefficient (Wildman–Crippen LogP) is 2.83. The molecule has 0 aliphatic heterocycles. The molecule has 3 heteroatoms. The van der Waals surface area contributed by atoms with Gasteiger partial charge in [-0.3, -0.25) is 4.98 Å². The first-order valence-electron chi connectivity index (χ1n) is 6.78. The van der Waals surface area contributed by atoms with Crippen LogP contribution in [-0.2, 0) is 12.6 Å². The highest BCUT2D eigenvalue weighted by Gasteiger charge is 2.33. The van der Waals surface area contributed by atoms with Crippen molar-refractivity contribution >= 4 is 10.9 Å². The van der Waals surface area contributed by atoms with E-state index in [1.165, 1.54) is 0 Å². The van der Waals surface area contributed by atoms with Gasteiger partial charge in [0.2, 0.25) is 0 Å². The van der Waals surface area contributed by atoms with Crippen LogP contribution in [0.3, 0.4) is 0 Å². The highest BCUT2D eigenvalue weighted by atomic mass is 16.3. The largest absolute Gasteiger partial charge is 0.378 e. The summed E-state index contributed by atoms with van der Waals surface area (Å²) in [5.41, 5.74) is 1.39. The molecule has 0 saturated carbocycles. The van der Waals surface area contributed by atoms with Gasteiger partial charge in [-0.2, -0.15) is 0 Å². The smallest absolute Gasteiger partial charge is 0.140 e. The Balaban J connectivity index is 2.25. The first-order valence-corrected chi connectivity index (χ1v) is 6.78. The van der Waals surface area contributed by atoms with Gasteiger partial charge < -0.3 is 9.67 Å². The van der Waals surface area contributed by atoms with E-state index in [1.54, 1.807) is 24.5 Å². The van der Waals surface area contributed by atoms with Crippen molar-refractivity contribution in [2.45, 2.75) is 12.0 Å². The molecule has 21 heavy (non-hydrogen) atoms.